The topological polar surface area (TPSA) is 29.5 Å². The Morgan fingerprint density at radius 3 is 2.57 bits per heavy atom. The van der Waals surface area contributed by atoms with Gasteiger partial charge in [-0.25, -0.2) is 0 Å². The molecule has 2 aliphatic rings. The first kappa shape index (κ1) is 17.7. The SMILES string of the molecule is C[C@@H]1CC[C@@H](C[C@@H](O)C#C[Si](C)(C)C)OC12SCCCS2. The lowest BCUT2D eigenvalue weighted by molar-refractivity contribution is -0.0651. The van der Waals surface area contributed by atoms with Crippen molar-refractivity contribution in [3.05, 3.63) is 0 Å². The van der Waals surface area contributed by atoms with Crippen LogP contribution in [0.4, 0.5) is 0 Å². The molecule has 120 valence electrons. The summed E-state index contributed by atoms with van der Waals surface area (Å²) in [6.07, 6.45) is 3.81. The first-order chi connectivity index (χ1) is 9.81. The summed E-state index contributed by atoms with van der Waals surface area (Å²) in [7, 11) is -1.41. The number of aliphatic hydroxyl groups is 1. The van der Waals surface area contributed by atoms with Gasteiger partial charge in [0.1, 0.15) is 14.2 Å². The molecule has 2 rings (SSSR count). The van der Waals surface area contributed by atoms with Crippen LogP contribution in [-0.2, 0) is 4.74 Å². The van der Waals surface area contributed by atoms with Crippen LogP contribution in [-0.4, -0.2) is 41.2 Å². The molecule has 0 radical (unpaired) electrons. The largest absolute Gasteiger partial charge is 0.380 e. The molecule has 0 amide bonds. The third kappa shape index (κ3) is 5.21. The van der Waals surface area contributed by atoms with Crippen LogP contribution in [0.3, 0.4) is 0 Å². The molecule has 0 saturated carbocycles. The Morgan fingerprint density at radius 1 is 1.29 bits per heavy atom. The van der Waals surface area contributed by atoms with Crippen LogP contribution in [0.25, 0.3) is 0 Å². The maximum absolute atomic E-state index is 10.2. The van der Waals surface area contributed by atoms with E-state index in [1.165, 1.54) is 24.3 Å². The molecule has 0 unspecified atom stereocenters. The number of thioether (sulfide) groups is 2. The molecule has 3 atom stereocenters. The van der Waals surface area contributed by atoms with Gasteiger partial charge in [-0.05, 0) is 30.8 Å². The third-order valence-corrected chi connectivity index (χ3v) is 8.24. The van der Waals surface area contributed by atoms with Crippen molar-refractivity contribution in [2.45, 2.75) is 68.7 Å². The maximum atomic E-state index is 10.2. The summed E-state index contributed by atoms with van der Waals surface area (Å²) in [5.74, 6) is 6.03. The van der Waals surface area contributed by atoms with Crippen LogP contribution in [0, 0.1) is 17.4 Å². The van der Waals surface area contributed by atoms with Crippen molar-refractivity contribution in [2.75, 3.05) is 11.5 Å². The van der Waals surface area contributed by atoms with Gasteiger partial charge < -0.3 is 9.84 Å². The number of hydrogen-bond donors (Lipinski definition) is 1. The van der Waals surface area contributed by atoms with E-state index in [0.717, 1.165) is 6.42 Å². The Balaban J connectivity index is 1.93. The van der Waals surface area contributed by atoms with Gasteiger partial charge in [-0.1, -0.05) is 32.5 Å². The van der Waals surface area contributed by atoms with E-state index >= 15 is 0 Å². The highest BCUT2D eigenvalue weighted by molar-refractivity contribution is 8.18. The Morgan fingerprint density at radius 2 is 1.95 bits per heavy atom. The zero-order valence-corrected chi connectivity index (χ0v) is 16.3. The quantitative estimate of drug-likeness (QED) is 0.606. The van der Waals surface area contributed by atoms with Gasteiger partial charge in [0.25, 0.3) is 0 Å². The van der Waals surface area contributed by atoms with Gasteiger partial charge in [0.2, 0.25) is 0 Å². The predicted molar refractivity (Wildman–Crippen MR) is 97.3 cm³/mol. The summed E-state index contributed by atoms with van der Waals surface area (Å²) in [5.41, 5.74) is 3.26. The lowest BCUT2D eigenvalue weighted by Gasteiger charge is -2.46. The van der Waals surface area contributed by atoms with E-state index in [1.54, 1.807) is 0 Å². The minimum absolute atomic E-state index is 0.0624. The number of ether oxygens (including phenoxy) is 1. The molecule has 0 aromatic carbocycles. The molecule has 0 aromatic rings. The molecule has 2 fully saturated rings. The van der Waals surface area contributed by atoms with Gasteiger partial charge in [-0.3, -0.25) is 0 Å². The number of aliphatic hydroxyl groups excluding tert-OH is 1. The van der Waals surface area contributed by atoms with Crippen LogP contribution in [0.1, 0.15) is 32.6 Å². The van der Waals surface area contributed by atoms with Crippen molar-refractivity contribution in [2.24, 2.45) is 5.92 Å². The van der Waals surface area contributed by atoms with E-state index in [-0.39, 0.29) is 10.4 Å². The smallest absolute Gasteiger partial charge is 0.163 e. The minimum atomic E-state index is -1.41. The van der Waals surface area contributed by atoms with Crippen LogP contribution in [0.5, 0.6) is 0 Å². The average molecular weight is 345 g/mol. The van der Waals surface area contributed by atoms with Crippen molar-refractivity contribution in [1.82, 2.24) is 0 Å². The average Bonchev–Trinajstić information content (AvgIpc) is 2.41. The highest BCUT2D eigenvalue weighted by Gasteiger charge is 2.45. The summed E-state index contributed by atoms with van der Waals surface area (Å²) in [4.78, 5) is 0. The predicted octanol–water partition coefficient (Wildman–Crippen LogP) is 3.96. The van der Waals surface area contributed by atoms with Gasteiger partial charge in [0, 0.05) is 12.3 Å². The molecule has 0 bridgehead atoms. The normalized spacial score (nSPS) is 30.5. The molecule has 5 heteroatoms. The van der Waals surface area contributed by atoms with E-state index in [0.29, 0.717) is 12.3 Å². The van der Waals surface area contributed by atoms with Crippen LogP contribution in [0.2, 0.25) is 19.6 Å². The molecule has 2 aliphatic heterocycles. The highest BCUT2D eigenvalue weighted by atomic mass is 32.2. The van der Waals surface area contributed by atoms with Gasteiger partial charge in [-0.15, -0.1) is 29.1 Å². The molecular weight excluding hydrogens is 316 g/mol. The standard InChI is InChI=1S/C16H28O2S2Si/c1-13-6-7-15(12-14(17)8-11-21(2,3)4)18-16(13)19-9-5-10-20-16/h13-15,17H,5-7,9-10,12H2,1-4H3/t13-,14+,15+/m1/s1. The molecule has 2 saturated heterocycles. The second kappa shape index (κ2) is 7.31. The fourth-order valence-electron chi connectivity index (χ4n) is 2.68. The second-order valence-electron chi connectivity index (χ2n) is 7.14. The number of hydrogen-bond acceptors (Lipinski definition) is 4. The summed E-state index contributed by atoms with van der Waals surface area (Å²) < 4.78 is 6.38. The van der Waals surface area contributed by atoms with Gasteiger partial charge in [0.05, 0.1) is 6.10 Å². The zero-order chi connectivity index (χ0) is 15.5. The highest BCUT2D eigenvalue weighted by Crippen LogP contribution is 2.53. The second-order valence-corrected chi connectivity index (χ2v) is 14.8. The van der Waals surface area contributed by atoms with Gasteiger partial charge in [0.15, 0.2) is 4.27 Å². The summed E-state index contributed by atoms with van der Waals surface area (Å²) in [6, 6.07) is 0. The van der Waals surface area contributed by atoms with Gasteiger partial charge >= 0.3 is 0 Å². The van der Waals surface area contributed by atoms with Crippen molar-refractivity contribution in [1.29, 1.82) is 0 Å². The molecule has 2 heterocycles. The Hall–Kier alpha value is 0.397. The molecule has 1 N–H and O–H groups in total. The third-order valence-electron chi connectivity index (χ3n) is 3.85. The van der Waals surface area contributed by atoms with E-state index in [9.17, 15) is 5.11 Å². The zero-order valence-electron chi connectivity index (χ0n) is 13.6. The molecular formula is C16H28O2S2Si. The fourth-order valence-corrected chi connectivity index (χ4v) is 6.65. The van der Waals surface area contributed by atoms with Crippen LogP contribution >= 0.6 is 23.5 Å². The summed E-state index contributed by atoms with van der Waals surface area (Å²) in [6.45, 7) is 8.92. The van der Waals surface area contributed by atoms with Crippen molar-refractivity contribution >= 4 is 31.6 Å². The van der Waals surface area contributed by atoms with E-state index in [1.807, 2.05) is 23.5 Å². The fraction of sp³-hybridized carbons (Fsp3) is 0.875. The van der Waals surface area contributed by atoms with E-state index in [4.69, 9.17) is 4.74 Å². The van der Waals surface area contributed by atoms with Crippen molar-refractivity contribution in [3.63, 3.8) is 0 Å². The first-order valence-corrected chi connectivity index (χ1v) is 13.4. The Bertz CT molecular complexity index is 405. The van der Waals surface area contributed by atoms with Crippen molar-refractivity contribution in [3.8, 4) is 11.5 Å². The van der Waals surface area contributed by atoms with Crippen LogP contribution in [0.15, 0.2) is 0 Å². The summed E-state index contributed by atoms with van der Waals surface area (Å²) >= 11 is 3.95. The minimum Gasteiger partial charge on any atom is -0.380 e. The van der Waals surface area contributed by atoms with Gasteiger partial charge in [-0.2, -0.15) is 0 Å². The van der Waals surface area contributed by atoms with E-state index < -0.39 is 14.2 Å². The van der Waals surface area contributed by atoms with E-state index in [2.05, 4.69) is 38.0 Å². The molecule has 0 aliphatic carbocycles. The maximum Gasteiger partial charge on any atom is 0.163 e. The molecule has 1 spiro atoms. The lowest BCUT2D eigenvalue weighted by Crippen LogP contribution is -2.44. The molecule has 2 nitrogen and oxygen atoms in total. The summed E-state index contributed by atoms with van der Waals surface area (Å²) in [5, 5.41) is 10.2. The monoisotopic (exact) mass is 344 g/mol. The molecule has 21 heavy (non-hydrogen) atoms. The van der Waals surface area contributed by atoms with Crippen molar-refractivity contribution < 1.29 is 9.84 Å². The Kier molecular flexibility index (Phi) is 6.18. The van der Waals surface area contributed by atoms with Crippen LogP contribution < -0.4 is 0 Å². The first-order valence-electron chi connectivity index (χ1n) is 7.97. The molecule has 0 aromatic heterocycles. The lowest BCUT2D eigenvalue weighted by atomic mass is 9.96. The number of rotatable bonds is 2. The Labute approximate surface area is 139 Å².